The minimum absolute atomic E-state index is 0.0236. The molecular weight excluding hydrogens is 1570 g/mol. The molecule has 8 fully saturated rings. The number of methoxy groups -OCH3 is 1. The van der Waals surface area contributed by atoms with Crippen LogP contribution in [0.25, 0.3) is 32.9 Å². The average Bonchev–Trinajstić information content (AvgIpc) is 0.974. The van der Waals surface area contributed by atoms with Crippen LogP contribution < -0.4 is 35.0 Å². The second-order valence-electron chi connectivity index (χ2n) is 33.1. The van der Waals surface area contributed by atoms with Crippen LogP contribution in [0.4, 0.5) is 0 Å². The Morgan fingerprint density at radius 2 is 1.15 bits per heavy atom. The van der Waals surface area contributed by atoms with Crippen LogP contribution in [0.2, 0.25) is 0 Å². The van der Waals surface area contributed by atoms with Crippen molar-refractivity contribution >= 4 is 98.2 Å². The summed E-state index contributed by atoms with van der Waals surface area (Å²) in [6.07, 6.45) is 1.63. The van der Waals surface area contributed by atoms with Crippen molar-refractivity contribution in [1.29, 1.82) is 0 Å². The normalized spacial score (nSPS) is 30.9. The van der Waals surface area contributed by atoms with Crippen LogP contribution in [-0.4, -0.2) is 226 Å². The molecule has 5 aromatic carbocycles. The van der Waals surface area contributed by atoms with Gasteiger partial charge in [0.1, 0.15) is 101 Å². The molecule has 4 saturated heterocycles. The maximum absolute atomic E-state index is 14.7. The Kier molecular flexibility index (Phi) is 26.7. The van der Waals surface area contributed by atoms with Crippen molar-refractivity contribution in [3.8, 4) is 34.1 Å². The maximum atomic E-state index is 14.7. The smallest absolute Gasteiger partial charge is 0.374 e. The first-order valence-corrected chi connectivity index (χ1v) is 43.9. The lowest BCUT2D eigenvalue weighted by Crippen LogP contribution is -2.66. The second kappa shape index (κ2) is 36.4. The van der Waals surface area contributed by atoms with Crippen LogP contribution >= 0.6 is 46.7 Å². The molecule has 29 heteroatoms. The van der Waals surface area contributed by atoms with E-state index in [1.165, 1.54) is 80.5 Å². The van der Waals surface area contributed by atoms with E-state index < -0.39 is 155 Å². The Morgan fingerprint density at radius 3 is 1.71 bits per heavy atom. The predicted octanol–water partition coefficient (Wildman–Crippen LogP) is 10.6. The number of esters is 3. The van der Waals surface area contributed by atoms with E-state index in [9.17, 15) is 54.3 Å². The molecular formula is C87H106Cl2N4O21S2. The molecule has 7 N–H and O–H groups in total. The summed E-state index contributed by atoms with van der Waals surface area (Å²) in [6.45, 7) is 8.01. The number of benzene rings is 5. The van der Waals surface area contributed by atoms with Gasteiger partial charge in [-0.25, -0.2) is 14.4 Å². The van der Waals surface area contributed by atoms with Gasteiger partial charge in [0.25, 0.3) is 0 Å². The van der Waals surface area contributed by atoms with Crippen LogP contribution in [0.1, 0.15) is 143 Å². The van der Waals surface area contributed by atoms with Gasteiger partial charge in [0.15, 0.2) is 23.7 Å². The van der Waals surface area contributed by atoms with E-state index in [1.54, 1.807) is 45.6 Å². The highest BCUT2D eigenvalue weighted by molar-refractivity contribution is 7.99. The zero-order valence-electron chi connectivity index (χ0n) is 66.6. The maximum Gasteiger partial charge on any atom is 0.374 e. The first-order chi connectivity index (χ1) is 55.7. The third-order valence-corrected chi connectivity index (χ3v) is 27.3. The topological polar surface area (TPSA) is 330 Å². The molecule has 5 aliphatic heterocycles. The molecule has 1 aromatic heterocycles. The fourth-order valence-electron chi connectivity index (χ4n) is 19.8. The standard InChI is InChI=1S/C87H106Cl2N4O21S2/c1-10-14-45-29-57(92(5)39-45)80(100)90-70(43(3)88)76-72(96)78(74(98)85(113-76)115-8)111-83(103)66-34-59(94)68-62(16-12-18-64(68)109-66)106-41-55(108-82(102)54-23-22-50-31-51(20-21-52(50)32-54)53-24-25-61(105-7)56(33-53)87-36-47-26-48(37-87)28-49(27-47)38-87)42-107-63-17-13-19-65-69(63)60(95)35-67(110-65)84(104)112-79-73(97)77(114-86(116-9)75(79)99)71(44(4)89)91-81(101)58-30-46(15-11-2)40-93(58)6/h12-13,16-25,31-35,43-49,55,57-59,70-79,85-86,94,96-99H,10-11,14-15,26-30,36-42H2,1-9H3,(H,90,100)(H,91,101). The van der Waals surface area contributed by atoms with E-state index in [0.29, 0.717) is 24.7 Å². The van der Waals surface area contributed by atoms with Gasteiger partial charge in [-0.05, 0) is 222 Å². The molecule has 25 nitrogen and oxygen atoms in total. The van der Waals surface area contributed by atoms with Crippen LogP contribution in [0.5, 0.6) is 23.0 Å². The molecule has 116 heavy (non-hydrogen) atoms. The Hall–Kier alpha value is -7.22. The van der Waals surface area contributed by atoms with Gasteiger partial charge in [-0.2, -0.15) is 0 Å². The third kappa shape index (κ3) is 17.8. The molecule has 626 valence electrons. The van der Waals surface area contributed by atoms with E-state index in [1.807, 2.05) is 42.1 Å². The highest BCUT2D eigenvalue weighted by atomic mass is 35.5. The summed E-state index contributed by atoms with van der Waals surface area (Å²) >= 11 is 15.7. The summed E-state index contributed by atoms with van der Waals surface area (Å²) in [6, 6.07) is 24.7. The van der Waals surface area contributed by atoms with Gasteiger partial charge < -0.3 is 83.2 Å². The van der Waals surface area contributed by atoms with Crippen molar-refractivity contribution in [3.63, 3.8) is 0 Å². The van der Waals surface area contributed by atoms with Crippen molar-refractivity contribution in [2.75, 3.05) is 60.0 Å². The highest BCUT2D eigenvalue weighted by Crippen LogP contribution is 2.62. The number of likely N-dealkylation sites (N-methyl/N-ethyl adjacent to an activating group) is 2. The molecule has 20 atom stereocenters. The summed E-state index contributed by atoms with van der Waals surface area (Å²) < 4.78 is 61.4. The van der Waals surface area contributed by atoms with Crippen molar-refractivity contribution < 1.29 is 96.6 Å². The Bertz CT molecular complexity index is 4650. The first-order valence-electron chi connectivity index (χ1n) is 40.4. The van der Waals surface area contributed by atoms with Crippen LogP contribution in [0, 0.1) is 29.6 Å². The Labute approximate surface area is 693 Å². The number of hydrogen-bond acceptors (Lipinski definition) is 25. The molecule has 20 unspecified atom stereocenters. The van der Waals surface area contributed by atoms with Crippen molar-refractivity contribution in [2.24, 2.45) is 29.6 Å². The summed E-state index contributed by atoms with van der Waals surface area (Å²) in [5.41, 5.74) is 0.655. The summed E-state index contributed by atoms with van der Waals surface area (Å²) in [4.78, 5) is 89.4. The molecule has 4 bridgehead atoms. The number of fused-ring (bicyclic) bond motifs is 3. The second-order valence-corrected chi connectivity index (χ2v) is 36.4. The van der Waals surface area contributed by atoms with E-state index in [-0.39, 0.29) is 56.6 Å². The summed E-state index contributed by atoms with van der Waals surface area (Å²) in [7, 11) is 5.51. The zero-order chi connectivity index (χ0) is 82.3. The van der Waals surface area contributed by atoms with Crippen molar-refractivity contribution in [2.45, 2.75) is 217 Å². The minimum Gasteiger partial charge on any atom is -0.496 e. The summed E-state index contributed by atoms with van der Waals surface area (Å²) in [5, 5.41) is 64.9. The van der Waals surface area contributed by atoms with Crippen molar-refractivity contribution in [1.82, 2.24) is 20.4 Å². The molecule has 15 rings (SSSR count). The largest absolute Gasteiger partial charge is 0.496 e. The number of aliphatic hydroxyl groups excluding tert-OH is 5. The molecule has 9 aliphatic rings. The Balaban J connectivity index is 0.696. The van der Waals surface area contributed by atoms with E-state index in [2.05, 4.69) is 48.7 Å². The number of carbonyl (C=O) groups excluding carboxylic acids is 5. The number of carbonyl (C=O) groups is 5. The lowest BCUT2D eigenvalue weighted by molar-refractivity contribution is -0.219. The molecule has 0 spiro atoms. The minimum atomic E-state index is -1.74. The molecule has 0 radical (unpaired) electrons. The van der Waals surface area contributed by atoms with Gasteiger partial charge in [-0.1, -0.05) is 63.1 Å². The van der Waals surface area contributed by atoms with E-state index in [4.69, 9.17) is 70.3 Å². The quantitative estimate of drug-likeness (QED) is 0.0130. The lowest BCUT2D eigenvalue weighted by Gasteiger charge is -2.57. The number of amides is 2. The monoisotopic (exact) mass is 1680 g/mol. The van der Waals surface area contributed by atoms with Crippen LogP contribution in [-0.2, 0) is 43.5 Å². The van der Waals surface area contributed by atoms with E-state index in [0.717, 1.165) is 120 Å². The molecule has 2 amide bonds. The zero-order valence-corrected chi connectivity index (χ0v) is 69.8. The van der Waals surface area contributed by atoms with Gasteiger partial charge in [-0.3, -0.25) is 24.2 Å². The number of halogens is 2. The number of rotatable bonds is 29. The lowest BCUT2D eigenvalue weighted by atomic mass is 9.48. The molecule has 4 aliphatic carbocycles. The number of alkyl halides is 2. The highest BCUT2D eigenvalue weighted by Gasteiger charge is 2.56. The number of hydrogen-bond donors (Lipinski definition) is 7. The van der Waals surface area contributed by atoms with Gasteiger partial charge >= 0.3 is 17.9 Å². The Morgan fingerprint density at radius 1 is 0.621 bits per heavy atom. The number of nitrogens with one attached hydrogen (secondary N) is 2. The number of nitrogens with zero attached hydrogens (tertiary/aromatic N) is 2. The van der Waals surface area contributed by atoms with Crippen LogP contribution in [0.15, 0.2) is 118 Å². The van der Waals surface area contributed by atoms with Crippen LogP contribution in [0.3, 0.4) is 0 Å². The van der Waals surface area contributed by atoms with E-state index >= 15 is 0 Å². The number of ether oxygens (including phenoxy) is 9. The fourth-order valence-corrected chi connectivity index (χ4v) is 21.5. The molecule has 6 aromatic rings. The number of aliphatic hydroxyl groups is 5. The number of thioether (sulfide) groups is 2. The SMILES string of the molecule is CCCC1CC(C(=O)NC(C(C)Cl)C2OC(SC)C(O)C(OC(=O)C3=CC(O)c4c(OCC(COc5cccc6oc(C(=O)OC7C(O)C(SC)OC(C(NC(=O)C8CC(CCC)CN8C)C(C)Cl)C7O)cc(=O)c56)OC(=O)c5ccc6cc(-c7ccc(OC)c(C89CC%10CC(CC(C%10)C8)C9)c7)ccc6c5)cccc4O3)C2O)N(C)C1. The molecule has 4 saturated carbocycles. The average molecular weight is 1680 g/mol. The van der Waals surface area contributed by atoms with Crippen molar-refractivity contribution in [3.05, 3.63) is 142 Å². The molecule has 6 heterocycles. The first kappa shape index (κ1) is 85.2. The van der Waals surface area contributed by atoms with Gasteiger partial charge in [0.05, 0.1) is 53.2 Å². The fraction of sp³-hybridized carbons (Fsp3) is 0.563. The number of likely N-dealkylation sites (tertiary alicyclic amines) is 2. The predicted molar refractivity (Wildman–Crippen MR) is 439 cm³/mol. The van der Waals surface area contributed by atoms with Gasteiger partial charge in [0.2, 0.25) is 23.3 Å². The third-order valence-electron chi connectivity index (χ3n) is 25.0. The van der Waals surface area contributed by atoms with Gasteiger partial charge in [0, 0.05) is 24.7 Å². The summed E-state index contributed by atoms with van der Waals surface area (Å²) in [5.74, 6) is -1.14. The van der Waals surface area contributed by atoms with Gasteiger partial charge in [-0.15, -0.1) is 46.7 Å².